The predicted molar refractivity (Wildman–Crippen MR) is 149 cm³/mol. The van der Waals surface area contributed by atoms with Crippen molar-refractivity contribution in [3.8, 4) is 17.2 Å². The van der Waals surface area contributed by atoms with Crippen LogP contribution in [0.25, 0.3) is 5.76 Å². The van der Waals surface area contributed by atoms with Crippen LogP contribution in [-0.4, -0.2) is 38.9 Å². The molecule has 2 N–H and O–H groups in total. The number of rotatable bonds is 8. The fourth-order valence-electron chi connectivity index (χ4n) is 4.74. The summed E-state index contributed by atoms with van der Waals surface area (Å²) in [4.78, 5) is 32.0. The molecule has 1 saturated heterocycles. The van der Waals surface area contributed by atoms with Crippen LogP contribution >= 0.6 is 0 Å². The number of amides is 1. The maximum absolute atomic E-state index is 13.4. The maximum Gasteiger partial charge on any atom is 0.295 e. The Bertz CT molecular complexity index is 1580. The number of aryl methyl sites for hydroxylation is 1. The van der Waals surface area contributed by atoms with Gasteiger partial charge in [0.2, 0.25) is 0 Å². The monoisotopic (exact) mass is 536 g/mol. The fraction of sp³-hybridized carbons (Fsp3) is 0.156. The standard InChI is InChI=1S/C32H28N2O6/c1-20-5-3-4-6-24(20)19-40-25-10-7-22(8-11-25)30(36)28-29(23-9-12-26(35)27(17-23)39-2)34(32(38)31(28)37)18-21-13-15-33-16-14-21/h3-17,29,35-36H,18-19H2,1-2H3/b30-28+. The summed E-state index contributed by atoms with van der Waals surface area (Å²) in [6, 6.07) is 21.8. The maximum atomic E-state index is 13.4. The van der Waals surface area contributed by atoms with Gasteiger partial charge < -0.3 is 24.6 Å². The number of benzene rings is 3. The van der Waals surface area contributed by atoms with Crippen LogP contribution < -0.4 is 9.47 Å². The number of likely N-dealkylation sites (tertiary alicyclic amines) is 1. The minimum atomic E-state index is -0.917. The van der Waals surface area contributed by atoms with Crippen molar-refractivity contribution >= 4 is 17.4 Å². The number of aliphatic hydroxyl groups is 1. The molecule has 1 unspecified atom stereocenters. The minimum absolute atomic E-state index is 0.0552. The summed E-state index contributed by atoms with van der Waals surface area (Å²) in [6.45, 7) is 2.52. The van der Waals surface area contributed by atoms with Crippen LogP contribution in [0, 0.1) is 6.92 Å². The molecule has 202 valence electrons. The first-order chi connectivity index (χ1) is 19.4. The number of phenolic OH excluding ortho intramolecular Hbond substituents is 1. The number of hydrogen-bond donors (Lipinski definition) is 2. The Morgan fingerprint density at radius 3 is 2.40 bits per heavy atom. The molecular weight excluding hydrogens is 508 g/mol. The van der Waals surface area contributed by atoms with E-state index >= 15 is 0 Å². The van der Waals surface area contributed by atoms with E-state index in [9.17, 15) is 19.8 Å². The molecular formula is C32H28N2O6. The Hall–Kier alpha value is -5.11. The summed E-state index contributed by atoms with van der Waals surface area (Å²) >= 11 is 0. The molecule has 1 amide bonds. The molecule has 4 aromatic rings. The van der Waals surface area contributed by atoms with Gasteiger partial charge in [0.05, 0.1) is 18.7 Å². The zero-order chi connectivity index (χ0) is 28.2. The molecule has 0 bridgehead atoms. The van der Waals surface area contributed by atoms with E-state index in [-0.39, 0.29) is 29.4 Å². The first-order valence-electron chi connectivity index (χ1n) is 12.7. The van der Waals surface area contributed by atoms with Gasteiger partial charge in [0.15, 0.2) is 11.5 Å². The Morgan fingerprint density at radius 1 is 0.975 bits per heavy atom. The number of pyridine rings is 1. The summed E-state index contributed by atoms with van der Waals surface area (Å²) in [7, 11) is 1.41. The molecule has 8 nitrogen and oxygen atoms in total. The van der Waals surface area contributed by atoms with Crippen LogP contribution in [0.3, 0.4) is 0 Å². The molecule has 0 spiro atoms. The van der Waals surface area contributed by atoms with Gasteiger partial charge in [-0.1, -0.05) is 30.3 Å². The van der Waals surface area contributed by atoms with Crippen LogP contribution in [0.1, 0.15) is 33.9 Å². The van der Waals surface area contributed by atoms with E-state index in [0.29, 0.717) is 23.5 Å². The van der Waals surface area contributed by atoms with Crippen molar-refractivity contribution in [2.45, 2.75) is 26.1 Å². The highest BCUT2D eigenvalue weighted by Gasteiger charge is 2.46. The number of aromatic nitrogens is 1. The number of hydrogen-bond acceptors (Lipinski definition) is 7. The van der Waals surface area contributed by atoms with Gasteiger partial charge >= 0.3 is 0 Å². The lowest BCUT2D eigenvalue weighted by Gasteiger charge is -2.26. The number of ketones is 1. The first-order valence-corrected chi connectivity index (χ1v) is 12.7. The van der Waals surface area contributed by atoms with Crippen LogP contribution in [0.5, 0.6) is 17.2 Å². The quantitative estimate of drug-likeness (QED) is 0.179. The highest BCUT2D eigenvalue weighted by Crippen LogP contribution is 2.42. The molecule has 2 heterocycles. The van der Waals surface area contributed by atoms with Gasteiger partial charge in [0.1, 0.15) is 18.1 Å². The molecule has 0 radical (unpaired) electrons. The van der Waals surface area contributed by atoms with Crippen LogP contribution in [0.2, 0.25) is 0 Å². The Morgan fingerprint density at radius 2 is 1.70 bits per heavy atom. The third-order valence-electron chi connectivity index (χ3n) is 6.95. The number of phenols is 1. The third kappa shape index (κ3) is 5.24. The summed E-state index contributed by atoms with van der Waals surface area (Å²) < 4.78 is 11.2. The number of aliphatic hydroxyl groups excluding tert-OH is 1. The van der Waals surface area contributed by atoms with Crippen molar-refractivity contribution in [2.24, 2.45) is 0 Å². The average Bonchev–Trinajstić information content (AvgIpc) is 3.22. The Labute approximate surface area is 231 Å². The Kier molecular flexibility index (Phi) is 7.50. The van der Waals surface area contributed by atoms with Gasteiger partial charge in [-0.15, -0.1) is 0 Å². The van der Waals surface area contributed by atoms with Gasteiger partial charge in [-0.05, 0) is 77.7 Å². The van der Waals surface area contributed by atoms with E-state index in [4.69, 9.17) is 9.47 Å². The molecule has 1 aliphatic heterocycles. The zero-order valence-electron chi connectivity index (χ0n) is 22.1. The first kappa shape index (κ1) is 26.5. The molecule has 0 saturated carbocycles. The summed E-state index contributed by atoms with van der Waals surface area (Å²) in [6.07, 6.45) is 3.21. The smallest absolute Gasteiger partial charge is 0.295 e. The van der Waals surface area contributed by atoms with Crippen LogP contribution in [-0.2, 0) is 22.7 Å². The average molecular weight is 537 g/mol. The summed E-state index contributed by atoms with van der Waals surface area (Å²) in [5.41, 5.74) is 3.76. The molecule has 1 aromatic heterocycles. The second-order valence-corrected chi connectivity index (χ2v) is 9.45. The third-order valence-corrected chi connectivity index (χ3v) is 6.95. The van der Waals surface area contributed by atoms with E-state index < -0.39 is 17.7 Å². The van der Waals surface area contributed by atoms with Crippen molar-refractivity contribution in [1.82, 2.24) is 9.88 Å². The predicted octanol–water partition coefficient (Wildman–Crippen LogP) is 5.31. The largest absolute Gasteiger partial charge is 0.507 e. The van der Waals surface area contributed by atoms with Crippen molar-refractivity contribution in [2.75, 3.05) is 7.11 Å². The summed E-state index contributed by atoms with van der Waals surface area (Å²) in [5.74, 6) is -1.16. The van der Waals surface area contributed by atoms with E-state index in [2.05, 4.69) is 4.98 Å². The molecule has 40 heavy (non-hydrogen) atoms. The number of ether oxygens (including phenoxy) is 2. The number of aromatic hydroxyl groups is 1. The number of methoxy groups -OCH3 is 1. The van der Waals surface area contributed by atoms with Crippen LogP contribution in [0.4, 0.5) is 0 Å². The van der Waals surface area contributed by atoms with Gasteiger partial charge in [-0.25, -0.2) is 0 Å². The Balaban J connectivity index is 1.51. The SMILES string of the molecule is COc1cc(C2/C(=C(\O)c3ccc(OCc4ccccc4C)cc3)C(=O)C(=O)N2Cc2ccncc2)ccc1O. The number of carbonyl (C=O) groups excluding carboxylic acids is 2. The molecule has 1 fully saturated rings. The molecule has 1 aliphatic rings. The topological polar surface area (TPSA) is 109 Å². The van der Waals surface area contributed by atoms with Crippen molar-refractivity contribution in [3.05, 3.63) is 125 Å². The number of Topliss-reactive ketones (excluding diaryl/α,β-unsaturated/α-hetero) is 1. The highest BCUT2D eigenvalue weighted by atomic mass is 16.5. The second-order valence-electron chi connectivity index (χ2n) is 9.45. The number of carbonyl (C=O) groups is 2. The highest BCUT2D eigenvalue weighted by molar-refractivity contribution is 6.46. The normalized spacial score (nSPS) is 16.2. The minimum Gasteiger partial charge on any atom is -0.507 e. The molecule has 0 aliphatic carbocycles. The lowest BCUT2D eigenvalue weighted by molar-refractivity contribution is -0.140. The van der Waals surface area contributed by atoms with Gasteiger partial charge in [0.25, 0.3) is 11.7 Å². The van der Waals surface area contributed by atoms with Crippen molar-refractivity contribution < 1.29 is 29.3 Å². The van der Waals surface area contributed by atoms with Crippen LogP contribution in [0.15, 0.2) is 96.8 Å². The van der Waals surface area contributed by atoms with Gasteiger partial charge in [0, 0.05) is 24.5 Å². The molecule has 3 aromatic carbocycles. The van der Waals surface area contributed by atoms with E-state index in [1.165, 1.54) is 18.1 Å². The molecule has 5 rings (SSSR count). The summed E-state index contributed by atoms with van der Waals surface area (Å²) in [5, 5.41) is 21.5. The van der Waals surface area contributed by atoms with Crippen molar-refractivity contribution in [3.63, 3.8) is 0 Å². The van der Waals surface area contributed by atoms with E-state index in [1.807, 2.05) is 31.2 Å². The fourth-order valence-corrected chi connectivity index (χ4v) is 4.74. The lowest BCUT2D eigenvalue weighted by Crippen LogP contribution is -2.29. The second kappa shape index (κ2) is 11.3. The van der Waals surface area contributed by atoms with Gasteiger partial charge in [-0.2, -0.15) is 0 Å². The molecule has 1 atom stereocenters. The van der Waals surface area contributed by atoms with E-state index in [0.717, 1.165) is 16.7 Å². The zero-order valence-corrected chi connectivity index (χ0v) is 22.1. The van der Waals surface area contributed by atoms with Crippen molar-refractivity contribution in [1.29, 1.82) is 0 Å². The molecule has 8 heteroatoms. The number of nitrogens with zero attached hydrogens (tertiary/aromatic N) is 2. The lowest BCUT2D eigenvalue weighted by atomic mass is 9.94. The van der Waals surface area contributed by atoms with E-state index in [1.54, 1.807) is 60.9 Å². The van der Waals surface area contributed by atoms with Gasteiger partial charge in [-0.3, -0.25) is 14.6 Å².